The third-order valence-corrected chi connectivity index (χ3v) is 5.38. The number of esters is 2. The van der Waals surface area contributed by atoms with Gasteiger partial charge in [0, 0.05) is 17.5 Å². The fraction of sp³-hybridized carbons (Fsp3) is 0.476. The maximum absolute atomic E-state index is 12.4. The van der Waals surface area contributed by atoms with E-state index in [4.69, 9.17) is 18.9 Å². The topological polar surface area (TPSA) is 100 Å². The first-order valence-corrected chi connectivity index (χ1v) is 9.63. The van der Waals surface area contributed by atoms with E-state index in [1.54, 1.807) is 31.2 Å². The van der Waals surface area contributed by atoms with E-state index in [1.165, 1.54) is 13.4 Å². The van der Waals surface area contributed by atoms with E-state index in [9.17, 15) is 14.4 Å². The largest absolute Gasteiger partial charge is 0.466 e. The smallest absolute Gasteiger partial charge is 0.414 e. The number of rotatable bonds is 5. The van der Waals surface area contributed by atoms with Gasteiger partial charge < -0.3 is 18.9 Å². The third-order valence-electron chi connectivity index (χ3n) is 5.38. The van der Waals surface area contributed by atoms with Gasteiger partial charge in [0.05, 0.1) is 31.1 Å². The van der Waals surface area contributed by atoms with Crippen molar-refractivity contribution in [1.29, 1.82) is 0 Å². The molecule has 4 atom stereocenters. The molecule has 8 heteroatoms. The number of anilines is 1. The normalized spacial score (nSPS) is 25.1. The molecule has 3 rings (SSSR count). The third kappa shape index (κ3) is 4.52. The molecule has 0 aromatic heterocycles. The van der Waals surface area contributed by atoms with Crippen LogP contribution in [-0.4, -0.2) is 38.0 Å². The lowest BCUT2D eigenvalue weighted by molar-refractivity contribution is -0.144. The second-order valence-corrected chi connectivity index (χ2v) is 7.14. The highest BCUT2D eigenvalue weighted by atomic mass is 16.7. The number of carbonyl (C=O) groups excluding carboxylic acids is 3. The van der Waals surface area contributed by atoms with E-state index >= 15 is 0 Å². The summed E-state index contributed by atoms with van der Waals surface area (Å²) in [5.74, 6) is -0.792. The van der Waals surface area contributed by atoms with Gasteiger partial charge in [-0.05, 0) is 49.9 Å². The Bertz CT molecular complexity index is 802. The second kappa shape index (κ2) is 8.98. The lowest BCUT2D eigenvalue weighted by atomic mass is 9.83. The molecule has 1 aromatic rings. The Labute approximate surface area is 169 Å². The zero-order valence-electron chi connectivity index (χ0n) is 16.7. The molecule has 1 aliphatic carbocycles. The summed E-state index contributed by atoms with van der Waals surface area (Å²) in [5.41, 5.74) is 1.35. The summed E-state index contributed by atoms with van der Waals surface area (Å²) in [5, 5.41) is 2.62. The number of amides is 1. The van der Waals surface area contributed by atoms with E-state index in [0.717, 1.165) is 12.8 Å². The Hall–Kier alpha value is -3.03. The molecule has 1 amide bonds. The van der Waals surface area contributed by atoms with Crippen LogP contribution in [0.5, 0.6) is 0 Å². The molecule has 156 valence electrons. The summed E-state index contributed by atoms with van der Waals surface area (Å²) >= 11 is 0. The minimum atomic E-state index is -0.787. The van der Waals surface area contributed by atoms with Crippen LogP contribution in [0.2, 0.25) is 0 Å². The minimum absolute atomic E-state index is 0.0622. The number of benzene rings is 1. The average molecular weight is 403 g/mol. The molecule has 0 radical (unpaired) electrons. The molecule has 1 N–H and O–H groups in total. The van der Waals surface area contributed by atoms with E-state index in [1.807, 2.05) is 0 Å². The van der Waals surface area contributed by atoms with Crippen LogP contribution in [0.4, 0.5) is 10.5 Å². The van der Waals surface area contributed by atoms with Crippen molar-refractivity contribution in [3.63, 3.8) is 0 Å². The summed E-state index contributed by atoms with van der Waals surface area (Å²) < 4.78 is 20.8. The second-order valence-electron chi connectivity index (χ2n) is 7.14. The van der Waals surface area contributed by atoms with Crippen molar-refractivity contribution < 1.29 is 33.3 Å². The van der Waals surface area contributed by atoms with Crippen LogP contribution in [0.1, 0.15) is 37.0 Å². The highest BCUT2D eigenvalue weighted by Gasteiger charge is 2.48. The predicted molar refractivity (Wildman–Crippen MR) is 103 cm³/mol. The van der Waals surface area contributed by atoms with E-state index in [0.29, 0.717) is 23.4 Å². The SMILES string of the molecule is CCOC(=O)c1ccc(NC(=O)OC2OC=C(C(=O)OC)C3CCC(C)C23)cc1. The van der Waals surface area contributed by atoms with Crippen LogP contribution in [0.15, 0.2) is 36.1 Å². The van der Waals surface area contributed by atoms with Crippen molar-refractivity contribution in [3.05, 3.63) is 41.7 Å². The molecule has 29 heavy (non-hydrogen) atoms. The van der Waals surface area contributed by atoms with Gasteiger partial charge in [-0.1, -0.05) is 6.92 Å². The molecule has 0 bridgehead atoms. The Kier molecular flexibility index (Phi) is 6.41. The zero-order chi connectivity index (χ0) is 21.0. The van der Waals surface area contributed by atoms with Crippen LogP contribution in [0.25, 0.3) is 0 Å². The van der Waals surface area contributed by atoms with Crippen LogP contribution < -0.4 is 5.32 Å². The quantitative estimate of drug-likeness (QED) is 0.593. The van der Waals surface area contributed by atoms with Gasteiger partial charge >= 0.3 is 18.0 Å². The van der Waals surface area contributed by atoms with Crippen molar-refractivity contribution in [2.75, 3.05) is 19.0 Å². The number of ether oxygens (including phenoxy) is 4. The molecule has 0 spiro atoms. The van der Waals surface area contributed by atoms with Crippen LogP contribution >= 0.6 is 0 Å². The van der Waals surface area contributed by atoms with Crippen molar-refractivity contribution in [2.24, 2.45) is 17.8 Å². The molecular formula is C21H25NO7. The number of nitrogens with one attached hydrogen (secondary N) is 1. The minimum Gasteiger partial charge on any atom is -0.466 e. The predicted octanol–water partition coefficient (Wildman–Crippen LogP) is 3.49. The van der Waals surface area contributed by atoms with Crippen LogP contribution in [-0.2, 0) is 23.7 Å². The van der Waals surface area contributed by atoms with Gasteiger partial charge in [0.2, 0.25) is 6.29 Å². The van der Waals surface area contributed by atoms with Gasteiger partial charge in [-0.25, -0.2) is 14.4 Å². The fourth-order valence-corrected chi connectivity index (χ4v) is 3.94. The first-order valence-electron chi connectivity index (χ1n) is 9.63. The lowest BCUT2D eigenvalue weighted by Gasteiger charge is -2.34. The van der Waals surface area contributed by atoms with Gasteiger partial charge in [0.25, 0.3) is 0 Å². The first-order chi connectivity index (χ1) is 13.9. The standard InChI is InChI=1S/C21H25NO7/c1-4-27-18(23)13-6-8-14(9-7-13)22-21(25)29-20-17-12(2)5-10-15(17)16(11-28-20)19(24)26-3/h6-9,11-12,15,17,20H,4-5,10H2,1-3H3,(H,22,25). The monoisotopic (exact) mass is 403 g/mol. The van der Waals surface area contributed by atoms with Gasteiger partial charge in [-0.2, -0.15) is 0 Å². The summed E-state index contributed by atoms with van der Waals surface area (Å²) in [4.78, 5) is 36.0. The maximum Gasteiger partial charge on any atom is 0.414 e. The molecular weight excluding hydrogens is 378 g/mol. The summed E-state index contributed by atoms with van der Waals surface area (Å²) in [6, 6.07) is 6.30. The fourth-order valence-electron chi connectivity index (χ4n) is 3.94. The molecule has 2 aliphatic rings. The van der Waals surface area contributed by atoms with E-state index in [2.05, 4.69) is 12.2 Å². The Balaban J connectivity index is 1.64. The Morgan fingerprint density at radius 3 is 2.52 bits per heavy atom. The molecule has 1 fully saturated rings. The lowest BCUT2D eigenvalue weighted by Crippen LogP contribution is -2.39. The number of fused-ring (bicyclic) bond motifs is 1. The maximum atomic E-state index is 12.4. The highest BCUT2D eigenvalue weighted by molar-refractivity contribution is 5.91. The average Bonchev–Trinajstić information content (AvgIpc) is 3.10. The zero-order valence-corrected chi connectivity index (χ0v) is 16.7. The van der Waals surface area contributed by atoms with Crippen molar-refractivity contribution >= 4 is 23.7 Å². The number of hydrogen-bond acceptors (Lipinski definition) is 7. The Morgan fingerprint density at radius 2 is 1.86 bits per heavy atom. The Morgan fingerprint density at radius 1 is 1.14 bits per heavy atom. The van der Waals surface area contributed by atoms with Crippen molar-refractivity contribution in [2.45, 2.75) is 33.0 Å². The van der Waals surface area contributed by atoms with Gasteiger partial charge in [0.15, 0.2) is 0 Å². The molecule has 0 saturated heterocycles. The van der Waals surface area contributed by atoms with Gasteiger partial charge in [-0.15, -0.1) is 0 Å². The summed E-state index contributed by atoms with van der Waals surface area (Å²) in [6.07, 6.45) is 1.60. The first kappa shape index (κ1) is 20.7. The van der Waals surface area contributed by atoms with E-state index in [-0.39, 0.29) is 17.8 Å². The van der Waals surface area contributed by atoms with Crippen LogP contribution in [0.3, 0.4) is 0 Å². The summed E-state index contributed by atoms with van der Waals surface area (Å²) in [6.45, 7) is 4.08. The van der Waals surface area contributed by atoms with Gasteiger partial charge in [0.1, 0.15) is 0 Å². The van der Waals surface area contributed by atoms with Crippen molar-refractivity contribution in [3.8, 4) is 0 Å². The number of methoxy groups -OCH3 is 1. The molecule has 1 aromatic carbocycles. The molecule has 4 unspecified atom stereocenters. The van der Waals surface area contributed by atoms with Gasteiger partial charge in [-0.3, -0.25) is 5.32 Å². The number of carbonyl (C=O) groups is 3. The van der Waals surface area contributed by atoms with Crippen LogP contribution in [0, 0.1) is 17.8 Å². The summed E-state index contributed by atoms with van der Waals surface area (Å²) in [7, 11) is 1.33. The molecule has 1 aliphatic heterocycles. The molecule has 1 heterocycles. The van der Waals surface area contributed by atoms with Crippen molar-refractivity contribution in [1.82, 2.24) is 0 Å². The van der Waals surface area contributed by atoms with E-state index < -0.39 is 24.3 Å². The molecule has 1 saturated carbocycles. The highest BCUT2D eigenvalue weighted by Crippen LogP contribution is 2.46. The molecule has 8 nitrogen and oxygen atoms in total. The number of hydrogen-bond donors (Lipinski definition) is 1.